The van der Waals surface area contributed by atoms with Gasteiger partial charge in [-0.2, -0.15) is 5.10 Å². The van der Waals surface area contributed by atoms with E-state index in [4.69, 9.17) is 4.55 Å². The number of hydrogen-bond donors (Lipinski definition) is 2. The van der Waals surface area contributed by atoms with Gasteiger partial charge in [-0.1, -0.05) is 19.9 Å². The van der Waals surface area contributed by atoms with E-state index in [1.54, 1.807) is 6.33 Å². The summed E-state index contributed by atoms with van der Waals surface area (Å²) in [6.45, 7) is 9.30. The first kappa shape index (κ1) is 22.3. The molecule has 1 atom stereocenters. The smallest absolute Gasteiger partial charge is 0.155 e. The van der Waals surface area contributed by atoms with Gasteiger partial charge in [-0.25, -0.2) is 13.7 Å². The highest BCUT2D eigenvalue weighted by Gasteiger charge is 2.23. The predicted octanol–water partition coefficient (Wildman–Crippen LogP) is 4.71. The van der Waals surface area contributed by atoms with Crippen molar-refractivity contribution in [2.24, 2.45) is 0 Å². The largest absolute Gasteiger partial charge is 0.354 e. The van der Waals surface area contributed by atoms with Crippen LogP contribution in [0.2, 0.25) is 0 Å². The van der Waals surface area contributed by atoms with Gasteiger partial charge in [0.05, 0.1) is 11.4 Å². The van der Waals surface area contributed by atoms with Crippen molar-refractivity contribution in [3.05, 3.63) is 53.5 Å². The lowest BCUT2D eigenvalue weighted by Crippen LogP contribution is -2.35. The third-order valence-electron chi connectivity index (χ3n) is 6.97. The molecule has 1 aromatic carbocycles. The average Bonchev–Trinajstić information content (AvgIpc) is 3.40. The Morgan fingerprint density at radius 2 is 2.03 bits per heavy atom. The van der Waals surface area contributed by atoms with Gasteiger partial charge in [0.1, 0.15) is 6.33 Å². The van der Waals surface area contributed by atoms with Crippen LogP contribution in [0.4, 0.5) is 0 Å². The van der Waals surface area contributed by atoms with Crippen molar-refractivity contribution in [3.63, 3.8) is 0 Å². The molecule has 0 saturated carbocycles. The fraction of sp³-hybridized carbons (Fsp3) is 0.440. The van der Waals surface area contributed by atoms with Gasteiger partial charge in [-0.3, -0.25) is 0 Å². The van der Waals surface area contributed by atoms with Crippen molar-refractivity contribution in [2.75, 3.05) is 25.4 Å². The van der Waals surface area contributed by atoms with Crippen LogP contribution in [0.3, 0.4) is 0 Å². The number of pyridine rings is 1. The molecule has 0 amide bonds. The molecule has 5 rings (SSSR count). The molecule has 2 N–H and O–H groups in total. The maximum atomic E-state index is 11.0. The average molecular weight is 466 g/mol. The minimum absolute atomic E-state index is 0.334. The van der Waals surface area contributed by atoms with Crippen molar-refractivity contribution < 1.29 is 8.76 Å². The number of benzene rings is 1. The van der Waals surface area contributed by atoms with Crippen molar-refractivity contribution in [2.45, 2.75) is 45.4 Å². The lowest BCUT2D eigenvalue weighted by Gasteiger charge is -2.32. The van der Waals surface area contributed by atoms with Crippen molar-refractivity contribution in [1.29, 1.82) is 0 Å². The molecule has 1 aliphatic rings. The molecule has 0 spiro atoms. The highest BCUT2D eigenvalue weighted by Crippen LogP contribution is 2.39. The Bertz CT molecular complexity index is 1320. The molecule has 8 heteroatoms. The summed E-state index contributed by atoms with van der Waals surface area (Å²) in [7, 11) is 0. The standard InChI is InChI=1S/C25H31N5O2S/c1-16(2)24-20-13-19(18-6-8-29(9-7-18)10-11-33(31)32)4-5-22(20)28-25(24)21-14-30-23(12-17(21)3)26-15-27-30/h4-5,12-16,18,28H,6-11H2,1-3H3,(H,31,32). The van der Waals surface area contributed by atoms with Crippen molar-refractivity contribution in [3.8, 4) is 11.3 Å². The summed E-state index contributed by atoms with van der Waals surface area (Å²) in [5, 5.41) is 5.64. The summed E-state index contributed by atoms with van der Waals surface area (Å²) in [6, 6.07) is 8.97. The maximum absolute atomic E-state index is 11.0. The lowest BCUT2D eigenvalue weighted by atomic mass is 9.87. The molecule has 4 heterocycles. The Morgan fingerprint density at radius 3 is 2.76 bits per heavy atom. The molecule has 33 heavy (non-hydrogen) atoms. The fourth-order valence-corrected chi connectivity index (χ4v) is 5.63. The lowest BCUT2D eigenvalue weighted by molar-refractivity contribution is 0.223. The number of aryl methyl sites for hydroxylation is 1. The van der Waals surface area contributed by atoms with Crippen LogP contribution in [0.25, 0.3) is 27.8 Å². The summed E-state index contributed by atoms with van der Waals surface area (Å²) >= 11 is -1.71. The molecular formula is C25H31N5O2S. The Morgan fingerprint density at radius 1 is 1.24 bits per heavy atom. The molecule has 1 fully saturated rings. The Labute approximate surface area is 196 Å². The Hall–Kier alpha value is -2.55. The van der Waals surface area contributed by atoms with Crippen molar-refractivity contribution in [1.82, 2.24) is 24.5 Å². The number of fused-ring (bicyclic) bond motifs is 2. The molecule has 0 bridgehead atoms. The molecule has 7 nitrogen and oxygen atoms in total. The first-order valence-electron chi connectivity index (χ1n) is 11.7. The second kappa shape index (κ2) is 9.00. The van der Waals surface area contributed by atoms with Crippen LogP contribution in [-0.4, -0.2) is 58.6 Å². The van der Waals surface area contributed by atoms with E-state index in [0.29, 0.717) is 24.1 Å². The van der Waals surface area contributed by atoms with E-state index in [-0.39, 0.29) is 0 Å². The highest BCUT2D eigenvalue weighted by molar-refractivity contribution is 7.79. The summed E-state index contributed by atoms with van der Waals surface area (Å²) in [6.07, 6.45) is 5.83. The van der Waals surface area contributed by atoms with Crippen LogP contribution in [0.5, 0.6) is 0 Å². The van der Waals surface area contributed by atoms with Gasteiger partial charge < -0.3 is 14.4 Å². The van der Waals surface area contributed by atoms with E-state index in [1.807, 2.05) is 4.52 Å². The number of nitrogens with one attached hydrogen (secondary N) is 1. The zero-order chi connectivity index (χ0) is 23.1. The second-order valence-electron chi connectivity index (χ2n) is 9.45. The SMILES string of the molecule is Cc1cc2ncnn2cc1-c1[nH]c2ccc(C3CCN(CCS(=O)O)CC3)cc2c1C(C)C. The molecule has 1 unspecified atom stereocenters. The van der Waals surface area contributed by atoms with Gasteiger partial charge in [-0.15, -0.1) is 0 Å². The number of aromatic nitrogens is 4. The predicted molar refractivity (Wildman–Crippen MR) is 133 cm³/mol. The summed E-state index contributed by atoms with van der Waals surface area (Å²) in [5.41, 5.74) is 8.26. The van der Waals surface area contributed by atoms with Gasteiger partial charge >= 0.3 is 0 Å². The van der Waals surface area contributed by atoms with Crippen LogP contribution in [-0.2, 0) is 11.1 Å². The molecule has 1 aliphatic heterocycles. The molecule has 174 valence electrons. The first-order chi connectivity index (χ1) is 15.9. The fourth-order valence-electron chi connectivity index (χ4n) is 5.21. The quantitative estimate of drug-likeness (QED) is 0.403. The van der Waals surface area contributed by atoms with Crippen molar-refractivity contribution >= 4 is 27.6 Å². The van der Waals surface area contributed by atoms with E-state index in [1.165, 1.54) is 33.3 Å². The van der Waals surface area contributed by atoms with Crippen LogP contribution >= 0.6 is 0 Å². The topological polar surface area (TPSA) is 86.5 Å². The van der Waals surface area contributed by atoms with E-state index in [0.717, 1.165) is 37.1 Å². The van der Waals surface area contributed by atoms with E-state index in [9.17, 15) is 4.21 Å². The van der Waals surface area contributed by atoms with Crippen LogP contribution in [0.15, 0.2) is 36.8 Å². The minimum Gasteiger partial charge on any atom is -0.354 e. The molecule has 4 aromatic rings. The van der Waals surface area contributed by atoms with Crippen LogP contribution in [0, 0.1) is 6.92 Å². The normalized spacial score (nSPS) is 16.9. The second-order valence-corrected chi connectivity index (χ2v) is 10.5. The summed E-state index contributed by atoms with van der Waals surface area (Å²) < 4.78 is 21.9. The van der Waals surface area contributed by atoms with E-state index in [2.05, 4.69) is 71.2 Å². The molecule has 0 radical (unpaired) electrons. The highest BCUT2D eigenvalue weighted by atomic mass is 32.2. The van der Waals surface area contributed by atoms with Gasteiger partial charge in [0.15, 0.2) is 16.7 Å². The Kier molecular flexibility index (Phi) is 6.07. The zero-order valence-corrected chi connectivity index (χ0v) is 20.2. The van der Waals surface area contributed by atoms with Gasteiger partial charge in [0.25, 0.3) is 0 Å². The number of aromatic amines is 1. The third kappa shape index (κ3) is 4.35. The molecule has 3 aromatic heterocycles. The zero-order valence-electron chi connectivity index (χ0n) is 19.4. The third-order valence-corrected chi connectivity index (χ3v) is 7.51. The van der Waals surface area contributed by atoms with E-state index < -0.39 is 11.1 Å². The number of nitrogens with zero attached hydrogens (tertiary/aromatic N) is 4. The molecular weight excluding hydrogens is 434 g/mol. The van der Waals surface area contributed by atoms with Gasteiger partial charge in [-0.05, 0) is 79.6 Å². The number of H-pyrrole nitrogens is 1. The number of hydrogen-bond acceptors (Lipinski definition) is 4. The molecule has 0 aliphatic carbocycles. The monoisotopic (exact) mass is 465 g/mol. The van der Waals surface area contributed by atoms with Gasteiger partial charge in [0, 0.05) is 29.2 Å². The Balaban J connectivity index is 1.48. The maximum Gasteiger partial charge on any atom is 0.155 e. The van der Waals surface area contributed by atoms with E-state index >= 15 is 0 Å². The number of likely N-dealkylation sites (tertiary alicyclic amines) is 1. The summed E-state index contributed by atoms with van der Waals surface area (Å²) in [4.78, 5) is 10.3. The number of piperidine rings is 1. The van der Waals surface area contributed by atoms with Crippen LogP contribution in [0.1, 0.15) is 55.2 Å². The summed E-state index contributed by atoms with van der Waals surface area (Å²) in [5.74, 6) is 1.23. The molecule has 1 saturated heterocycles. The first-order valence-corrected chi connectivity index (χ1v) is 12.9. The van der Waals surface area contributed by atoms with Gasteiger partial charge in [0.2, 0.25) is 0 Å². The van der Waals surface area contributed by atoms with Crippen LogP contribution < -0.4 is 0 Å². The minimum atomic E-state index is -1.71. The number of rotatable bonds is 6.